The Hall–Kier alpha value is -2.38. The molecule has 0 aromatic heterocycles. The largest absolute Gasteiger partial charge is 0.588 e. The van der Waals surface area contributed by atoms with Gasteiger partial charge in [0.25, 0.3) is 0 Å². The Labute approximate surface area is 173 Å². The van der Waals surface area contributed by atoms with Crippen LogP contribution in [0.2, 0.25) is 5.02 Å². The molecule has 0 heterocycles. The highest BCUT2D eigenvalue weighted by Gasteiger charge is 2.20. The van der Waals surface area contributed by atoms with Crippen LogP contribution in [0, 0.1) is 0 Å². The van der Waals surface area contributed by atoms with E-state index in [4.69, 9.17) is 22.1 Å². The molecule has 0 fully saturated rings. The van der Waals surface area contributed by atoms with Crippen molar-refractivity contribution in [1.29, 1.82) is 0 Å². The van der Waals surface area contributed by atoms with Crippen LogP contribution in [0.4, 0.5) is 11.4 Å². The molecule has 7 heteroatoms. The second-order valence-electron chi connectivity index (χ2n) is 6.01. The van der Waals surface area contributed by atoms with Crippen molar-refractivity contribution in [1.82, 2.24) is 0 Å². The number of methoxy groups -OCH3 is 1. The summed E-state index contributed by atoms with van der Waals surface area (Å²) in [5.41, 5.74) is 8.90. The number of halogens is 1. The molecule has 0 aliphatic carbocycles. The molecule has 0 amide bonds. The van der Waals surface area contributed by atoms with E-state index in [2.05, 4.69) is 10.0 Å². The van der Waals surface area contributed by atoms with E-state index in [1.807, 2.05) is 60.7 Å². The van der Waals surface area contributed by atoms with Gasteiger partial charge in [0, 0.05) is 35.4 Å². The highest BCUT2D eigenvalue weighted by molar-refractivity contribution is 7.92. The lowest BCUT2D eigenvalue weighted by molar-refractivity contribution is 0.403. The maximum atomic E-state index is 13.0. The number of hydrogen-bond donors (Lipinski definition) is 3. The standard InChI is InChI=1S/C21H22ClN3O2S/c1-27-20-10-9-15(18-7-2-3-8-19(18)22)13-21(20)28(26)25-17-6-4-5-16(14-17)24-12-11-23/h2-10,13-14,24-25H,11-12,23H2,1H3. The van der Waals surface area contributed by atoms with E-state index in [-0.39, 0.29) is 0 Å². The fraction of sp³-hybridized carbons (Fsp3) is 0.143. The predicted molar refractivity (Wildman–Crippen MR) is 117 cm³/mol. The van der Waals surface area contributed by atoms with Crippen molar-refractivity contribution >= 4 is 34.3 Å². The quantitative estimate of drug-likeness (QED) is 0.471. The van der Waals surface area contributed by atoms with E-state index in [1.165, 1.54) is 0 Å². The van der Waals surface area contributed by atoms with E-state index in [9.17, 15) is 4.55 Å². The van der Waals surface area contributed by atoms with Crippen LogP contribution in [0.3, 0.4) is 0 Å². The molecule has 0 aliphatic rings. The Morgan fingerprint density at radius 1 is 1.04 bits per heavy atom. The predicted octanol–water partition coefficient (Wildman–Crippen LogP) is 4.52. The van der Waals surface area contributed by atoms with Crippen molar-refractivity contribution in [2.24, 2.45) is 5.73 Å². The zero-order valence-electron chi connectivity index (χ0n) is 15.4. The zero-order valence-corrected chi connectivity index (χ0v) is 17.0. The first-order valence-corrected chi connectivity index (χ1v) is 10.3. The van der Waals surface area contributed by atoms with Crippen molar-refractivity contribution in [3.63, 3.8) is 0 Å². The van der Waals surface area contributed by atoms with Gasteiger partial charge in [-0.15, -0.1) is 0 Å². The Kier molecular flexibility index (Phi) is 7.06. The molecule has 146 valence electrons. The second kappa shape index (κ2) is 9.71. The minimum Gasteiger partial charge on any atom is -0.588 e. The first-order valence-electron chi connectivity index (χ1n) is 8.77. The lowest BCUT2D eigenvalue weighted by Gasteiger charge is -2.16. The maximum absolute atomic E-state index is 13.0. The van der Waals surface area contributed by atoms with E-state index >= 15 is 0 Å². The molecule has 0 radical (unpaired) electrons. The van der Waals surface area contributed by atoms with Gasteiger partial charge in [-0.1, -0.05) is 41.9 Å². The molecular weight excluding hydrogens is 394 g/mol. The van der Waals surface area contributed by atoms with Crippen molar-refractivity contribution in [2.45, 2.75) is 4.90 Å². The normalized spacial score (nSPS) is 11.7. The van der Waals surface area contributed by atoms with Crippen LogP contribution >= 0.6 is 11.6 Å². The van der Waals surface area contributed by atoms with Crippen molar-refractivity contribution in [3.8, 4) is 16.9 Å². The average molecular weight is 416 g/mol. The van der Waals surface area contributed by atoms with Crippen molar-refractivity contribution < 1.29 is 9.29 Å². The number of anilines is 2. The number of nitrogens with one attached hydrogen (secondary N) is 2. The number of nitrogens with two attached hydrogens (primary N) is 1. The highest BCUT2D eigenvalue weighted by atomic mass is 35.5. The Morgan fingerprint density at radius 3 is 2.57 bits per heavy atom. The van der Waals surface area contributed by atoms with Crippen LogP contribution in [0.25, 0.3) is 11.1 Å². The molecule has 0 saturated heterocycles. The van der Waals surface area contributed by atoms with Crippen molar-refractivity contribution in [3.05, 3.63) is 71.8 Å². The highest BCUT2D eigenvalue weighted by Crippen LogP contribution is 2.34. The van der Waals surface area contributed by atoms with Crippen molar-refractivity contribution in [2.75, 3.05) is 30.2 Å². The molecule has 0 bridgehead atoms. The van der Waals surface area contributed by atoms with Crippen LogP contribution in [0.5, 0.6) is 5.75 Å². The van der Waals surface area contributed by atoms with Gasteiger partial charge in [-0.25, -0.2) is 4.72 Å². The molecular formula is C21H22ClN3O2S. The van der Waals surface area contributed by atoms with Gasteiger partial charge in [0.05, 0.1) is 12.8 Å². The molecule has 0 saturated carbocycles. The van der Waals surface area contributed by atoms with Gasteiger partial charge >= 0.3 is 0 Å². The first-order chi connectivity index (χ1) is 13.6. The molecule has 28 heavy (non-hydrogen) atoms. The Morgan fingerprint density at radius 2 is 1.82 bits per heavy atom. The Bertz CT molecular complexity index is 939. The van der Waals surface area contributed by atoms with Gasteiger partial charge in [-0.2, -0.15) is 0 Å². The second-order valence-corrected chi connectivity index (χ2v) is 7.60. The summed E-state index contributed by atoms with van der Waals surface area (Å²) >= 11 is 4.79. The molecule has 3 aromatic carbocycles. The lowest BCUT2D eigenvalue weighted by atomic mass is 10.1. The van der Waals surface area contributed by atoms with E-state index < -0.39 is 11.4 Å². The summed E-state index contributed by atoms with van der Waals surface area (Å²) in [6, 6.07) is 20.6. The lowest BCUT2D eigenvalue weighted by Crippen LogP contribution is -2.15. The molecule has 3 rings (SSSR count). The minimum absolute atomic E-state index is 0.537. The third-order valence-electron chi connectivity index (χ3n) is 4.09. The molecule has 4 N–H and O–H groups in total. The van der Waals surface area contributed by atoms with Gasteiger partial charge in [-0.05, 0) is 35.9 Å². The summed E-state index contributed by atoms with van der Waals surface area (Å²) in [6.45, 7) is 1.20. The Balaban J connectivity index is 1.87. The average Bonchev–Trinajstić information content (AvgIpc) is 2.72. The van der Waals surface area contributed by atoms with E-state index in [1.54, 1.807) is 13.2 Å². The van der Waals surface area contributed by atoms with Crippen LogP contribution in [0.15, 0.2) is 71.6 Å². The molecule has 0 aliphatic heterocycles. The molecule has 0 spiro atoms. The number of ether oxygens (including phenoxy) is 1. The number of benzene rings is 3. The van der Waals surface area contributed by atoms with Crippen LogP contribution in [-0.2, 0) is 11.4 Å². The summed E-state index contributed by atoms with van der Waals surface area (Å²) in [4.78, 5) is 0.542. The third kappa shape index (κ3) is 4.91. The summed E-state index contributed by atoms with van der Waals surface area (Å²) < 4.78 is 21.5. The molecule has 1 atom stereocenters. The van der Waals surface area contributed by atoms with Gasteiger partial charge in [0.1, 0.15) is 11.4 Å². The summed E-state index contributed by atoms with van der Waals surface area (Å²) in [5, 5.41) is 3.84. The molecule has 1 unspecified atom stereocenters. The van der Waals surface area contributed by atoms with Gasteiger partial charge < -0.3 is 20.3 Å². The fourth-order valence-corrected chi connectivity index (χ4v) is 4.02. The van der Waals surface area contributed by atoms with Crippen LogP contribution in [0.1, 0.15) is 0 Å². The van der Waals surface area contributed by atoms with E-state index in [0.717, 1.165) is 22.5 Å². The van der Waals surface area contributed by atoms with Crippen LogP contribution in [-0.4, -0.2) is 24.8 Å². The fourth-order valence-electron chi connectivity index (χ4n) is 2.76. The van der Waals surface area contributed by atoms with Gasteiger partial charge in [0.2, 0.25) is 4.90 Å². The topological polar surface area (TPSA) is 82.4 Å². The SMILES string of the molecule is COc1ccc(-c2ccccc2Cl)cc1[S+]([O-])Nc1cccc(NCCN)c1. The van der Waals surface area contributed by atoms with E-state index in [0.29, 0.717) is 28.8 Å². The zero-order chi connectivity index (χ0) is 19.9. The maximum Gasteiger partial charge on any atom is 0.222 e. The number of hydrogen-bond acceptors (Lipinski definition) is 5. The van der Waals surface area contributed by atoms with Crippen LogP contribution < -0.4 is 20.5 Å². The third-order valence-corrected chi connectivity index (χ3v) is 5.56. The molecule has 5 nitrogen and oxygen atoms in total. The number of rotatable bonds is 8. The minimum atomic E-state index is -1.52. The summed E-state index contributed by atoms with van der Waals surface area (Å²) in [5.74, 6) is 0.541. The smallest absolute Gasteiger partial charge is 0.222 e. The van der Waals surface area contributed by atoms with Gasteiger partial charge in [-0.3, -0.25) is 0 Å². The summed E-state index contributed by atoms with van der Waals surface area (Å²) in [6.07, 6.45) is 0. The molecule has 3 aromatic rings. The first kappa shape index (κ1) is 20.4. The monoisotopic (exact) mass is 415 g/mol. The summed E-state index contributed by atoms with van der Waals surface area (Å²) in [7, 11) is 1.56. The van der Waals surface area contributed by atoms with Gasteiger partial charge in [0.15, 0.2) is 5.75 Å².